The van der Waals surface area contributed by atoms with Gasteiger partial charge in [-0.1, -0.05) is 18.2 Å². The van der Waals surface area contributed by atoms with Crippen molar-refractivity contribution in [2.45, 2.75) is 62.0 Å². The van der Waals surface area contributed by atoms with Crippen LogP contribution >= 0.6 is 0 Å². The van der Waals surface area contributed by atoms with Crippen LogP contribution in [0.25, 0.3) is 0 Å². The molecule has 40 heavy (non-hydrogen) atoms. The molecule has 12 heteroatoms. The summed E-state index contributed by atoms with van der Waals surface area (Å²) in [6.07, 6.45) is -7.23. The summed E-state index contributed by atoms with van der Waals surface area (Å²) in [6.45, 7) is 2.52. The zero-order chi connectivity index (χ0) is 28.9. The molecule has 1 saturated carbocycles. The average Bonchev–Trinajstić information content (AvgIpc) is 3.70. The van der Waals surface area contributed by atoms with Crippen molar-refractivity contribution in [3.8, 4) is 0 Å². The Morgan fingerprint density at radius 2 is 1.52 bits per heavy atom. The van der Waals surface area contributed by atoms with Gasteiger partial charge in [0, 0.05) is 24.6 Å². The minimum Gasteiger partial charge on any atom is -0.350 e. The van der Waals surface area contributed by atoms with Gasteiger partial charge >= 0.3 is 12.4 Å². The van der Waals surface area contributed by atoms with E-state index in [9.17, 15) is 40.3 Å². The topological polar surface area (TPSA) is 61.4 Å². The largest absolute Gasteiger partial charge is 0.416 e. The van der Waals surface area contributed by atoms with Gasteiger partial charge in [-0.05, 0) is 74.5 Å². The molecule has 216 valence electrons. The zero-order valence-corrected chi connectivity index (χ0v) is 21.3. The fourth-order valence-corrected chi connectivity index (χ4v) is 5.81. The monoisotopic (exact) mass is 571 g/mol. The minimum absolute atomic E-state index is 0.123. The number of nitrogens with one attached hydrogen (secondary N) is 2. The Bertz CT molecular complexity index is 1260. The van der Waals surface area contributed by atoms with Crippen LogP contribution in [0.2, 0.25) is 0 Å². The second kappa shape index (κ2) is 10.4. The summed E-state index contributed by atoms with van der Waals surface area (Å²) < 4.78 is 92.9. The summed E-state index contributed by atoms with van der Waals surface area (Å²) >= 11 is 0. The van der Waals surface area contributed by atoms with E-state index in [4.69, 9.17) is 0 Å². The molecule has 5 nitrogen and oxygen atoms in total. The van der Waals surface area contributed by atoms with E-state index in [1.165, 1.54) is 12.1 Å². The first kappa shape index (κ1) is 28.4. The molecule has 4 fully saturated rings. The fourth-order valence-electron chi connectivity index (χ4n) is 5.81. The Labute approximate surface area is 226 Å². The van der Waals surface area contributed by atoms with Gasteiger partial charge in [-0.3, -0.25) is 9.59 Å². The number of rotatable bonds is 7. The number of carbonyl (C=O) groups is 2. The lowest BCUT2D eigenvalue weighted by Crippen LogP contribution is -2.60. The van der Waals surface area contributed by atoms with Crippen molar-refractivity contribution in [1.29, 1.82) is 0 Å². The first-order valence-electron chi connectivity index (χ1n) is 13.1. The molecule has 3 aliphatic heterocycles. The van der Waals surface area contributed by atoms with E-state index in [1.807, 2.05) is 0 Å². The first-order valence-corrected chi connectivity index (χ1v) is 13.1. The second-order valence-electron chi connectivity index (χ2n) is 11.0. The number of halogens is 7. The van der Waals surface area contributed by atoms with Gasteiger partial charge in [0.05, 0.1) is 16.5 Å². The van der Waals surface area contributed by atoms with Crippen molar-refractivity contribution in [2.24, 2.45) is 5.92 Å². The van der Waals surface area contributed by atoms with Crippen LogP contribution in [-0.2, 0) is 33.8 Å². The molecule has 2 N–H and O–H groups in total. The lowest BCUT2D eigenvalue weighted by atomic mass is 9.84. The lowest BCUT2D eigenvalue weighted by molar-refractivity contribution is -0.138. The molecule has 2 atom stereocenters. The van der Waals surface area contributed by atoms with Crippen LogP contribution in [0.15, 0.2) is 42.5 Å². The Morgan fingerprint density at radius 3 is 2.02 bits per heavy atom. The molecule has 3 heterocycles. The normalized spacial score (nSPS) is 24.3. The summed E-state index contributed by atoms with van der Waals surface area (Å²) in [5.74, 6) is -2.13. The molecule has 0 radical (unpaired) electrons. The van der Waals surface area contributed by atoms with Crippen molar-refractivity contribution in [3.05, 3.63) is 70.5 Å². The molecular formula is C28H28F7N3O2. The van der Waals surface area contributed by atoms with Crippen LogP contribution in [0.5, 0.6) is 0 Å². The Morgan fingerprint density at radius 1 is 0.925 bits per heavy atom. The van der Waals surface area contributed by atoms with Gasteiger partial charge < -0.3 is 15.5 Å². The third-order valence-corrected chi connectivity index (χ3v) is 8.32. The van der Waals surface area contributed by atoms with Crippen LogP contribution < -0.4 is 10.6 Å². The molecule has 3 saturated heterocycles. The Hall–Kier alpha value is -3.15. The standard InChI is InChI=1S/C28H28F7N3O2/c29-21-14-19(28(33,34)35)5-6-20(21)26(9-10-26)25(40)37-22(13-16-1-3-18(4-2-16)27(30,31)32)24(39)36-23-15-38-11-7-17(23)8-12-38/h1-6,14,17,22-23H,7-13,15H2,(H,36,39)(H,37,40)/t22?,23-/m1/s1. The summed E-state index contributed by atoms with van der Waals surface area (Å²) in [7, 11) is 0. The van der Waals surface area contributed by atoms with Crippen LogP contribution in [0, 0.1) is 11.7 Å². The maximum absolute atomic E-state index is 14.8. The number of amides is 2. The van der Waals surface area contributed by atoms with Gasteiger partial charge in [-0.15, -0.1) is 0 Å². The first-order chi connectivity index (χ1) is 18.8. The minimum atomic E-state index is -4.75. The number of hydrogen-bond acceptors (Lipinski definition) is 3. The predicted octanol–water partition coefficient (Wildman–Crippen LogP) is 4.83. The third kappa shape index (κ3) is 5.82. The highest BCUT2D eigenvalue weighted by Crippen LogP contribution is 2.50. The van der Waals surface area contributed by atoms with Crippen LogP contribution in [0.4, 0.5) is 30.7 Å². The average molecular weight is 572 g/mol. The van der Waals surface area contributed by atoms with E-state index in [2.05, 4.69) is 15.5 Å². The van der Waals surface area contributed by atoms with E-state index < -0.39 is 52.6 Å². The summed E-state index contributed by atoms with van der Waals surface area (Å²) in [4.78, 5) is 29.1. The molecule has 6 rings (SSSR count). The maximum atomic E-state index is 14.8. The molecule has 0 spiro atoms. The summed E-state index contributed by atoms with van der Waals surface area (Å²) in [5, 5.41) is 5.63. The summed E-state index contributed by atoms with van der Waals surface area (Å²) in [5.41, 5.74) is -3.29. The zero-order valence-electron chi connectivity index (χ0n) is 21.3. The number of piperidine rings is 3. The van der Waals surface area contributed by atoms with Gasteiger partial charge in [0.15, 0.2) is 0 Å². The third-order valence-electron chi connectivity index (χ3n) is 8.32. The van der Waals surface area contributed by atoms with Crippen molar-refractivity contribution in [3.63, 3.8) is 0 Å². The van der Waals surface area contributed by atoms with E-state index >= 15 is 0 Å². The number of nitrogens with zero attached hydrogens (tertiary/aromatic N) is 1. The van der Waals surface area contributed by atoms with Gasteiger partial charge in [0.2, 0.25) is 11.8 Å². The second-order valence-corrected chi connectivity index (χ2v) is 11.0. The van der Waals surface area contributed by atoms with Crippen molar-refractivity contribution < 1.29 is 40.3 Å². The molecule has 1 unspecified atom stereocenters. The van der Waals surface area contributed by atoms with E-state index in [0.29, 0.717) is 24.2 Å². The molecular weight excluding hydrogens is 543 g/mol. The summed E-state index contributed by atoms with van der Waals surface area (Å²) in [6, 6.07) is 4.91. The van der Waals surface area contributed by atoms with Gasteiger partial charge in [-0.2, -0.15) is 26.3 Å². The fraction of sp³-hybridized carbons (Fsp3) is 0.500. The van der Waals surface area contributed by atoms with E-state index in [0.717, 1.165) is 44.1 Å². The SMILES string of the molecule is O=C(N[C@@H]1CN2CCC1CC2)C(Cc1ccc(C(F)(F)F)cc1)NC(=O)C1(c2ccc(C(F)(F)F)cc2F)CC1. The molecule has 2 aromatic carbocycles. The highest BCUT2D eigenvalue weighted by atomic mass is 19.4. The highest BCUT2D eigenvalue weighted by Gasteiger charge is 2.54. The molecule has 4 aliphatic rings. The predicted molar refractivity (Wildman–Crippen MR) is 130 cm³/mol. The number of alkyl halides is 6. The van der Waals surface area contributed by atoms with E-state index in [1.54, 1.807) is 0 Å². The lowest BCUT2D eigenvalue weighted by Gasteiger charge is -2.45. The number of hydrogen-bond donors (Lipinski definition) is 2. The number of fused-ring (bicyclic) bond motifs is 3. The number of benzene rings is 2. The number of carbonyl (C=O) groups excluding carboxylic acids is 2. The Kier molecular flexibility index (Phi) is 7.35. The van der Waals surface area contributed by atoms with Gasteiger partial charge in [0.1, 0.15) is 11.9 Å². The van der Waals surface area contributed by atoms with Crippen molar-refractivity contribution in [2.75, 3.05) is 19.6 Å². The maximum Gasteiger partial charge on any atom is 0.416 e. The highest BCUT2D eigenvalue weighted by molar-refractivity contribution is 5.95. The molecule has 2 bridgehead atoms. The Balaban J connectivity index is 1.36. The van der Waals surface area contributed by atoms with E-state index in [-0.39, 0.29) is 36.8 Å². The smallest absolute Gasteiger partial charge is 0.350 e. The molecule has 0 aromatic heterocycles. The van der Waals surface area contributed by atoms with Crippen molar-refractivity contribution in [1.82, 2.24) is 15.5 Å². The van der Waals surface area contributed by atoms with Crippen LogP contribution in [-0.4, -0.2) is 48.4 Å². The van der Waals surface area contributed by atoms with Crippen molar-refractivity contribution >= 4 is 11.8 Å². The molecule has 2 amide bonds. The molecule has 1 aliphatic carbocycles. The van der Waals surface area contributed by atoms with Crippen LogP contribution in [0.1, 0.15) is 47.9 Å². The van der Waals surface area contributed by atoms with Gasteiger partial charge in [0.25, 0.3) is 0 Å². The van der Waals surface area contributed by atoms with Gasteiger partial charge in [-0.25, -0.2) is 4.39 Å². The molecule has 2 aromatic rings. The van der Waals surface area contributed by atoms with Crippen LogP contribution in [0.3, 0.4) is 0 Å². The quantitative estimate of drug-likeness (QED) is 0.468.